The Morgan fingerprint density at radius 1 is 1.19 bits per heavy atom. The highest BCUT2D eigenvalue weighted by Crippen LogP contribution is 2.17. The molecule has 0 radical (unpaired) electrons. The van der Waals surface area contributed by atoms with Crippen molar-refractivity contribution < 1.29 is 14.3 Å². The van der Waals surface area contributed by atoms with Crippen LogP contribution in [-0.2, 0) is 14.3 Å². The summed E-state index contributed by atoms with van der Waals surface area (Å²) in [5, 5.41) is 2.80. The van der Waals surface area contributed by atoms with Gasteiger partial charge in [-0.1, -0.05) is 0 Å². The average Bonchev–Trinajstić information content (AvgIpc) is 2.55. The Bertz CT molecular complexity index is 350. The van der Waals surface area contributed by atoms with E-state index in [2.05, 4.69) is 5.32 Å². The maximum absolute atomic E-state index is 12.0. The van der Waals surface area contributed by atoms with Gasteiger partial charge in [-0.2, -0.15) is 0 Å². The van der Waals surface area contributed by atoms with E-state index in [4.69, 9.17) is 10.5 Å². The number of hydrogen-bond acceptors (Lipinski definition) is 4. The lowest BCUT2D eigenvalue weighted by atomic mass is 9.92. The summed E-state index contributed by atoms with van der Waals surface area (Å²) in [6.07, 6.45) is 5.43. The molecule has 0 aromatic rings. The molecule has 2 aliphatic rings. The maximum atomic E-state index is 12.0. The number of likely N-dealkylation sites (tertiary alicyclic amines) is 1. The first-order chi connectivity index (χ1) is 10.2. The Morgan fingerprint density at radius 3 is 2.52 bits per heavy atom. The van der Waals surface area contributed by atoms with Crippen LogP contribution in [0.25, 0.3) is 0 Å². The van der Waals surface area contributed by atoms with Crippen molar-refractivity contribution in [1.29, 1.82) is 0 Å². The van der Waals surface area contributed by atoms with Gasteiger partial charge in [0.25, 0.3) is 0 Å². The number of nitrogens with one attached hydrogen (secondary N) is 1. The molecule has 6 nitrogen and oxygen atoms in total. The zero-order chi connectivity index (χ0) is 15.1. The smallest absolute Gasteiger partial charge is 0.237 e. The molecule has 3 N–H and O–H groups in total. The minimum atomic E-state index is -0.487. The van der Waals surface area contributed by atoms with E-state index in [1.54, 1.807) is 0 Å². The highest BCUT2D eigenvalue weighted by Gasteiger charge is 2.26. The van der Waals surface area contributed by atoms with E-state index < -0.39 is 6.04 Å². The molecule has 2 aliphatic heterocycles. The Labute approximate surface area is 126 Å². The second-order valence-corrected chi connectivity index (χ2v) is 5.96. The molecule has 0 spiro atoms. The zero-order valence-corrected chi connectivity index (χ0v) is 12.7. The molecule has 2 fully saturated rings. The summed E-state index contributed by atoms with van der Waals surface area (Å²) in [7, 11) is 0. The van der Waals surface area contributed by atoms with Crippen LogP contribution in [0.1, 0.15) is 38.5 Å². The van der Waals surface area contributed by atoms with E-state index in [9.17, 15) is 9.59 Å². The Kier molecular flexibility index (Phi) is 6.45. The van der Waals surface area contributed by atoms with Crippen molar-refractivity contribution in [2.24, 2.45) is 11.7 Å². The number of amides is 2. The van der Waals surface area contributed by atoms with E-state index in [0.717, 1.165) is 38.8 Å². The summed E-state index contributed by atoms with van der Waals surface area (Å²) < 4.78 is 5.27. The third-order valence-corrected chi connectivity index (χ3v) is 4.42. The number of carbonyl (C=O) groups excluding carboxylic acids is 2. The first-order valence-electron chi connectivity index (χ1n) is 8.07. The van der Waals surface area contributed by atoms with Crippen molar-refractivity contribution in [3.63, 3.8) is 0 Å². The van der Waals surface area contributed by atoms with Crippen LogP contribution < -0.4 is 11.1 Å². The van der Waals surface area contributed by atoms with Gasteiger partial charge < -0.3 is 20.7 Å². The second kappa shape index (κ2) is 8.34. The van der Waals surface area contributed by atoms with Crippen LogP contribution >= 0.6 is 0 Å². The normalized spacial score (nSPS) is 21.9. The monoisotopic (exact) mass is 297 g/mol. The minimum Gasteiger partial charge on any atom is -0.381 e. The van der Waals surface area contributed by atoms with Gasteiger partial charge in [0.05, 0.1) is 6.04 Å². The van der Waals surface area contributed by atoms with Crippen LogP contribution in [0, 0.1) is 5.92 Å². The predicted molar refractivity (Wildman–Crippen MR) is 79.6 cm³/mol. The summed E-state index contributed by atoms with van der Waals surface area (Å²) in [6, 6.07) is -0.487. The lowest BCUT2D eigenvalue weighted by Gasteiger charge is -2.28. The zero-order valence-electron chi connectivity index (χ0n) is 12.7. The van der Waals surface area contributed by atoms with Crippen molar-refractivity contribution in [3.05, 3.63) is 0 Å². The molecule has 0 saturated carbocycles. The topological polar surface area (TPSA) is 84.7 Å². The van der Waals surface area contributed by atoms with Crippen molar-refractivity contribution in [1.82, 2.24) is 10.2 Å². The predicted octanol–water partition coefficient (Wildman–Crippen LogP) is 0.259. The Balaban J connectivity index is 1.64. The molecule has 1 atom stereocenters. The SMILES string of the molecule is NC(C(=O)NCCC(=O)N1CCCCC1)C1CCOCC1. The van der Waals surface area contributed by atoms with Gasteiger partial charge in [0.1, 0.15) is 0 Å². The van der Waals surface area contributed by atoms with Crippen molar-refractivity contribution in [2.75, 3.05) is 32.8 Å². The highest BCUT2D eigenvalue weighted by atomic mass is 16.5. The van der Waals surface area contributed by atoms with Crippen LogP contribution in [0.15, 0.2) is 0 Å². The van der Waals surface area contributed by atoms with E-state index in [0.29, 0.717) is 26.2 Å². The lowest BCUT2D eigenvalue weighted by molar-refractivity contribution is -0.132. The quantitative estimate of drug-likeness (QED) is 0.762. The van der Waals surface area contributed by atoms with Gasteiger partial charge >= 0.3 is 0 Å². The number of nitrogens with zero attached hydrogens (tertiary/aromatic N) is 1. The van der Waals surface area contributed by atoms with E-state index >= 15 is 0 Å². The molecule has 6 heteroatoms. The van der Waals surface area contributed by atoms with Gasteiger partial charge in [0.15, 0.2) is 0 Å². The molecular formula is C15H27N3O3. The molecule has 0 aliphatic carbocycles. The maximum Gasteiger partial charge on any atom is 0.237 e. The fourth-order valence-corrected chi connectivity index (χ4v) is 3.00. The van der Waals surface area contributed by atoms with Crippen LogP contribution in [0.4, 0.5) is 0 Å². The van der Waals surface area contributed by atoms with Crippen LogP contribution in [0.5, 0.6) is 0 Å². The van der Waals surface area contributed by atoms with Crippen molar-refractivity contribution in [3.8, 4) is 0 Å². The van der Waals surface area contributed by atoms with Gasteiger partial charge in [-0.25, -0.2) is 0 Å². The first-order valence-corrected chi connectivity index (χ1v) is 8.07. The number of nitrogens with two attached hydrogens (primary N) is 1. The van der Waals surface area contributed by atoms with Gasteiger partial charge in [-0.3, -0.25) is 9.59 Å². The Hall–Kier alpha value is -1.14. The fourth-order valence-electron chi connectivity index (χ4n) is 3.00. The average molecular weight is 297 g/mol. The molecule has 0 aromatic carbocycles. The largest absolute Gasteiger partial charge is 0.381 e. The van der Waals surface area contributed by atoms with E-state index in [1.165, 1.54) is 6.42 Å². The number of piperidine rings is 1. The van der Waals surface area contributed by atoms with Gasteiger partial charge in [-0.05, 0) is 38.0 Å². The van der Waals surface area contributed by atoms with Gasteiger partial charge in [-0.15, -0.1) is 0 Å². The Morgan fingerprint density at radius 2 is 1.86 bits per heavy atom. The summed E-state index contributed by atoms with van der Waals surface area (Å²) >= 11 is 0. The number of carbonyl (C=O) groups is 2. The van der Waals surface area contributed by atoms with Gasteiger partial charge in [0, 0.05) is 39.3 Å². The van der Waals surface area contributed by atoms with E-state index in [1.807, 2.05) is 4.90 Å². The van der Waals surface area contributed by atoms with Crippen molar-refractivity contribution >= 4 is 11.8 Å². The summed E-state index contributed by atoms with van der Waals surface area (Å²) in [5.41, 5.74) is 5.99. The molecule has 1 unspecified atom stereocenters. The molecule has 2 rings (SSSR count). The summed E-state index contributed by atoms with van der Waals surface area (Å²) in [5.74, 6) is 0.180. The molecule has 2 heterocycles. The van der Waals surface area contributed by atoms with Crippen LogP contribution in [0.2, 0.25) is 0 Å². The third-order valence-electron chi connectivity index (χ3n) is 4.42. The molecule has 120 valence electrons. The van der Waals surface area contributed by atoms with E-state index in [-0.39, 0.29) is 17.7 Å². The summed E-state index contributed by atoms with van der Waals surface area (Å²) in [4.78, 5) is 25.9. The standard InChI is InChI=1S/C15H27N3O3/c16-14(12-5-10-21-11-6-12)15(20)17-7-4-13(19)18-8-2-1-3-9-18/h12,14H,1-11,16H2,(H,17,20). The third kappa shape index (κ3) is 4.97. The first kappa shape index (κ1) is 16.2. The van der Waals surface area contributed by atoms with Crippen LogP contribution in [-0.4, -0.2) is 55.6 Å². The number of hydrogen-bond donors (Lipinski definition) is 2. The molecule has 0 bridgehead atoms. The number of rotatable bonds is 5. The molecule has 21 heavy (non-hydrogen) atoms. The summed E-state index contributed by atoms with van der Waals surface area (Å²) in [6.45, 7) is 3.45. The van der Waals surface area contributed by atoms with Crippen LogP contribution in [0.3, 0.4) is 0 Å². The lowest BCUT2D eigenvalue weighted by Crippen LogP contribution is -2.48. The van der Waals surface area contributed by atoms with Gasteiger partial charge in [0.2, 0.25) is 11.8 Å². The van der Waals surface area contributed by atoms with Crippen molar-refractivity contribution in [2.45, 2.75) is 44.6 Å². The second-order valence-electron chi connectivity index (χ2n) is 5.96. The molecule has 2 saturated heterocycles. The fraction of sp³-hybridized carbons (Fsp3) is 0.867. The number of ether oxygens (including phenoxy) is 1. The molecular weight excluding hydrogens is 270 g/mol. The minimum absolute atomic E-state index is 0.134. The molecule has 2 amide bonds. The highest BCUT2D eigenvalue weighted by molar-refractivity contribution is 5.83. The molecule has 0 aromatic heterocycles.